The Labute approximate surface area is 128 Å². The number of anilines is 1. The van der Waals surface area contributed by atoms with Gasteiger partial charge in [-0.1, -0.05) is 12.1 Å². The topological polar surface area (TPSA) is 56.1 Å². The molecule has 0 saturated heterocycles. The molecule has 6 heteroatoms. The van der Waals surface area contributed by atoms with Gasteiger partial charge < -0.3 is 10.1 Å². The molecular formula is C15H19N3O2S. The molecule has 1 aromatic heterocycles. The number of para-hydroxylation sites is 2. The number of hydrogen-bond donors (Lipinski definition) is 1. The van der Waals surface area contributed by atoms with Crippen molar-refractivity contribution in [3.8, 4) is 5.75 Å². The molecule has 112 valence electrons. The molecule has 21 heavy (non-hydrogen) atoms. The molecule has 1 heterocycles. The summed E-state index contributed by atoms with van der Waals surface area (Å²) in [6, 6.07) is 7.41. The lowest BCUT2D eigenvalue weighted by atomic mass is 10.2. The number of aryl methyl sites for hydroxylation is 1. The van der Waals surface area contributed by atoms with E-state index in [1.54, 1.807) is 23.6 Å². The molecule has 0 spiro atoms. The van der Waals surface area contributed by atoms with Gasteiger partial charge in [0.2, 0.25) is 5.91 Å². The number of hydrogen-bond acceptors (Lipinski definition) is 4. The molecule has 1 N–H and O–H groups in total. The van der Waals surface area contributed by atoms with E-state index in [1.807, 2.05) is 43.7 Å². The highest BCUT2D eigenvalue weighted by Crippen LogP contribution is 2.23. The van der Waals surface area contributed by atoms with Gasteiger partial charge >= 0.3 is 0 Å². The number of carbonyl (C=O) groups is 1. The average molecular weight is 305 g/mol. The fourth-order valence-corrected chi connectivity index (χ4v) is 2.73. The van der Waals surface area contributed by atoms with Crippen molar-refractivity contribution in [1.82, 2.24) is 9.78 Å². The van der Waals surface area contributed by atoms with Gasteiger partial charge in [0, 0.05) is 24.6 Å². The van der Waals surface area contributed by atoms with Crippen molar-refractivity contribution in [3.63, 3.8) is 0 Å². The number of nitrogens with zero attached hydrogens (tertiary/aromatic N) is 2. The van der Waals surface area contributed by atoms with Crippen LogP contribution >= 0.6 is 11.8 Å². The third-order valence-corrected chi connectivity index (χ3v) is 3.92. The van der Waals surface area contributed by atoms with Crippen LogP contribution in [0, 0.1) is 0 Å². The standard InChI is InChI=1S/C15H19N3O2S/c1-18-11-12(10-16-18)21-9-5-8-15(19)17-13-6-3-4-7-14(13)20-2/h3-4,6-7,10-11H,5,8-9H2,1-2H3,(H,17,19). The normalized spacial score (nSPS) is 10.4. The van der Waals surface area contributed by atoms with Crippen molar-refractivity contribution in [2.75, 3.05) is 18.2 Å². The third kappa shape index (κ3) is 4.82. The summed E-state index contributed by atoms with van der Waals surface area (Å²) in [5, 5.41) is 6.98. The highest BCUT2D eigenvalue weighted by atomic mass is 32.2. The van der Waals surface area contributed by atoms with Crippen LogP contribution in [-0.4, -0.2) is 28.6 Å². The minimum absolute atomic E-state index is 0.00582. The molecule has 0 unspecified atom stereocenters. The number of rotatable bonds is 7. The number of carbonyl (C=O) groups excluding carboxylic acids is 1. The molecule has 5 nitrogen and oxygen atoms in total. The molecule has 0 radical (unpaired) electrons. The van der Waals surface area contributed by atoms with Crippen LogP contribution in [0.5, 0.6) is 5.75 Å². The molecule has 0 saturated carbocycles. The van der Waals surface area contributed by atoms with Gasteiger partial charge in [-0.2, -0.15) is 5.10 Å². The van der Waals surface area contributed by atoms with Crippen LogP contribution in [-0.2, 0) is 11.8 Å². The lowest BCUT2D eigenvalue weighted by Crippen LogP contribution is -2.12. The lowest BCUT2D eigenvalue weighted by Gasteiger charge is -2.09. The number of methoxy groups -OCH3 is 1. The minimum Gasteiger partial charge on any atom is -0.495 e. The monoisotopic (exact) mass is 305 g/mol. The van der Waals surface area contributed by atoms with Crippen LogP contribution in [0.15, 0.2) is 41.6 Å². The molecule has 1 amide bonds. The second-order valence-corrected chi connectivity index (χ2v) is 5.72. The van der Waals surface area contributed by atoms with Gasteiger partial charge in [0.25, 0.3) is 0 Å². The molecule has 0 fully saturated rings. The molecule has 2 rings (SSSR count). The Bertz CT molecular complexity index is 598. The molecule has 2 aromatic rings. The number of ether oxygens (including phenoxy) is 1. The predicted molar refractivity (Wildman–Crippen MR) is 84.8 cm³/mol. The summed E-state index contributed by atoms with van der Waals surface area (Å²) < 4.78 is 6.98. The zero-order valence-corrected chi connectivity index (χ0v) is 13.0. The summed E-state index contributed by atoms with van der Waals surface area (Å²) in [5.41, 5.74) is 0.713. The number of benzene rings is 1. The van der Waals surface area contributed by atoms with Gasteiger partial charge in [-0.05, 0) is 24.3 Å². The molecular weight excluding hydrogens is 286 g/mol. The highest BCUT2D eigenvalue weighted by Gasteiger charge is 2.06. The minimum atomic E-state index is 0.00582. The Morgan fingerprint density at radius 1 is 1.43 bits per heavy atom. The number of aromatic nitrogens is 2. The van der Waals surface area contributed by atoms with Crippen LogP contribution in [0.25, 0.3) is 0 Å². The molecule has 0 aliphatic heterocycles. The van der Waals surface area contributed by atoms with E-state index in [0.29, 0.717) is 17.9 Å². The van der Waals surface area contributed by atoms with E-state index in [4.69, 9.17) is 4.74 Å². The van der Waals surface area contributed by atoms with E-state index in [9.17, 15) is 4.79 Å². The van der Waals surface area contributed by atoms with Crippen LogP contribution < -0.4 is 10.1 Å². The van der Waals surface area contributed by atoms with Gasteiger partial charge in [-0.3, -0.25) is 9.48 Å². The second-order valence-electron chi connectivity index (χ2n) is 4.55. The Balaban J connectivity index is 1.72. The highest BCUT2D eigenvalue weighted by molar-refractivity contribution is 7.99. The van der Waals surface area contributed by atoms with Gasteiger partial charge in [-0.25, -0.2) is 0 Å². The SMILES string of the molecule is COc1ccccc1NC(=O)CCCSc1cnn(C)c1. The first kappa shape index (κ1) is 15.4. The zero-order chi connectivity index (χ0) is 15.1. The molecule has 0 atom stereocenters. The summed E-state index contributed by atoms with van der Waals surface area (Å²) in [6.07, 6.45) is 5.12. The van der Waals surface area contributed by atoms with Crippen LogP contribution in [0.1, 0.15) is 12.8 Å². The molecule has 1 aromatic carbocycles. The molecule has 0 aliphatic rings. The third-order valence-electron chi connectivity index (χ3n) is 2.88. The van der Waals surface area contributed by atoms with Gasteiger partial charge in [-0.15, -0.1) is 11.8 Å². The summed E-state index contributed by atoms with van der Waals surface area (Å²) in [7, 11) is 3.49. The number of amides is 1. The van der Waals surface area contributed by atoms with E-state index in [-0.39, 0.29) is 5.91 Å². The zero-order valence-electron chi connectivity index (χ0n) is 12.2. The first-order valence-corrected chi connectivity index (χ1v) is 7.72. The molecule has 0 aliphatic carbocycles. The van der Waals surface area contributed by atoms with Crippen molar-refractivity contribution < 1.29 is 9.53 Å². The predicted octanol–water partition coefficient (Wildman–Crippen LogP) is 2.94. The van der Waals surface area contributed by atoms with Gasteiger partial charge in [0.15, 0.2) is 0 Å². The van der Waals surface area contributed by atoms with E-state index in [0.717, 1.165) is 17.1 Å². The Hall–Kier alpha value is -1.95. The Morgan fingerprint density at radius 2 is 2.24 bits per heavy atom. The van der Waals surface area contributed by atoms with Crippen molar-refractivity contribution in [1.29, 1.82) is 0 Å². The Kier molecular flexibility index (Phi) is 5.68. The van der Waals surface area contributed by atoms with Crippen LogP contribution in [0.2, 0.25) is 0 Å². The second kappa shape index (κ2) is 7.73. The van der Waals surface area contributed by atoms with E-state index in [1.165, 1.54) is 0 Å². The number of nitrogens with one attached hydrogen (secondary N) is 1. The lowest BCUT2D eigenvalue weighted by molar-refractivity contribution is -0.116. The van der Waals surface area contributed by atoms with Crippen molar-refractivity contribution in [3.05, 3.63) is 36.7 Å². The van der Waals surface area contributed by atoms with Crippen LogP contribution in [0.4, 0.5) is 5.69 Å². The van der Waals surface area contributed by atoms with E-state index < -0.39 is 0 Å². The maximum absolute atomic E-state index is 11.9. The first-order chi connectivity index (χ1) is 10.2. The smallest absolute Gasteiger partial charge is 0.224 e. The van der Waals surface area contributed by atoms with Gasteiger partial charge in [0.1, 0.15) is 5.75 Å². The number of thioether (sulfide) groups is 1. The molecule has 0 bridgehead atoms. The van der Waals surface area contributed by atoms with E-state index in [2.05, 4.69) is 10.4 Å². The maximum Gasteiger partial charge on any atom is 0.224 e. The summed E-state index contributed by atoms with van der Waals surface area (Å²) in [5.74, 6) is 1.58. The van der Waals surface area contributed by atoms with E-state index >= 15 is 0 Å². The van der Waals surface area contributed by atoms with Crippen molar-refractivity contribution in [2.45, 2.75) is 17.7 Å². The van der Waals surface area contributed by atoms with Crippen molar-refractivity contribution >= 4 is 23.4 Å². The van der Waals surface area contributed by atoms with Crippen molar-refractivity contribution in [2.24, 2.45) is 7.05 Å². The average Bonchev–Trinajstić information content (AvgIpc) is 2.90. The Morgan fingerprint density at radius 3 is 2.95 bits per heavy atom. The maximum atomic E-state index is 11.9. The summed E-state index contributed by atoms with van der Waals surface area (Å²) in [4.78, 5) is 13.0. The quantitative estimate of drug-likeness (QED) is 0.631. The van der Waals surface area contributed by atoms with Gasteiger partial charge in [0.05, 0.1) is 19.0 Å². The van der Waals surface area contributed by atoms with Crippen LogP contribution in [0.3, 0.4) is 0 Å². The summed E-state index contributed by atoms with van der Waals surface area (Å²) in [6.45, 7) is 0. The fourth-order valence-electron chi connectivity index (χ4n) is 1.86. The fraction of sp³-hybridized carbons (Fsp3) is 0.333. The first-order valence-electron chi connectivity index (χ1n) is 6.73. The summed E-state index contributed by atoms with van der Waals surface area (Å²) >= 11 is 1.71. The largest absolute Gasteiger partial charge is 0.495 e.